The van der Waals surface area contributed by atoms with Crippen molar-refractivity contribution >= 4 is 29.1 Å². The van der Waals surface area contributed by atoms with E-state index in [4.69, 9.17) is 11.6 Å². The van der Waals surface area contributed by atoms with E-state index in [9.17, 15) is 8.78 Å². The fraction of sp³-hybridized carbons (Fsp3) is 0.200. The molecule has 20 heavy (non-hydrogen) atoms. The lowest BCUT2D eigenvalue weighted by Crippen LogP contribution is -2.17. The molecule has 0 amide bonds. The van der Waals surface area contributed by atoms with E-state index in [1.54, 1.807) is 12.1 Å². The molecule has 2 aromatic carbocycles. The van der Waals surface area contributed by atoms with Gasteiger partial charge in [0.25, 0.3) is 0 Å². The highest BCUT2D eigenvalue weighted by atomic mass is 35.5. The van der Waals surface area contributed by atoms with Gasteiger partial charge in [-0.1, -0.05) is 23.7 Å². The quantitative estimate of drug-likeness (QED) is 0.811. The van der Waals surface area contributed by atoms with E-state index in [1.165, 1.54) is 30.0 Å². The highest BCUT2D eigenvalue weighted by molar-refractivity contribution is 7.99. The number of rotatable bonds is 2. The van der Waals surface area contributed by atoms with Crippen LogP contribution >= 0.6 is 23.4 Å². The zero-order chi connectivity index (χ0) is 14.1. The molecule has 1 N–H and O–H groups in total. The van der Waals surface area contributed by atoms with Crippen LogP contribution in [-0.2, 0) is 0 Å². The van der Waals surface area contributed by atoms with Crippen LogP contribution in [0.4, 0.5) is 14.5 Å². The molecule has 0 radical (unpaired) electrons. The lowest BCUT2D eigenvalue weighted by Gasteiger charge is -2.27. The Morgan fingerprint density at radius 3 is 2.85 bits per heavy atom. The molecule has 5 heteroatoms. The Bertz CT molecular complexity index is 648. The van der Waals surface area contributed by atoms with Crippen LogP contribution in [0, 0.1) is 11.6 Å². The average molecular weight is 312 g/mol. The van der Waals surface area contributed by atoms with Gasteiger partial charge >= 0.3 is 0 Å². The Labute approximate surface area is 125 Å². The first kappa shape index (κ1) is 13.7. The van der Waals surface area contributed by atoms with Crippen LogP contribution in [0.3, 0.4) is 0 Å². The van der Waals surface area contributed by atoms with Gasteiger partial charge in [-0.3, -0.25) is 0 Å². The van der Waals surface area contributed by atoms with Gasteiger partial charge < -0.3 is 5.32 Å². The van der Waals surface area contributed by atoms with Crippen molar-refractivity contribution < 1.29 is 8.78 Å². The van der Waals surface area contributed by atoms with Crippen molar-refractivity contribution in [3.05, 3.63) is 58.6 Å². The second-order valence-corrected chi connectivity index (χ2v) is 6.13. The normalized spacial score (nSPS) is 17.6. The van der Waals surface area contributed by atoms with Crippen molar-refractivity contribution in [2.24, 2.45) is 0 Å². The number of nitrogens with one attached hydrogen (secondary N) is 1. The molecule has 0 fully saturated rings. The summed E-state index contributed by atoms with van der Waals surface area (Å²) in [5, 5.41) is 3.62. The van der Waals surface area contributed by atoms with E-state index >= 15 is 0 Å². The minimum absolute atomic E-state index is 0.00934. The van der Waals surface area contributed by atoms with Crippen LogP contribution in [0.5, 0.6) is 0 Å². The van der Waals surface area contributed by atoms with Crippen LogP contribution in [0.15, 0.2) is 41.3 Å². The molecule has 2 aromatic rings. The summed E-state index contributed by atoms with van der Waals surface area (Å²) in [6, 6.07) is 9.33. The maximum absolute atomic E-state index is 13.8. The summed E-state index contributed by atoms with van der Waals surface area (Å²) >= 11 is 7.55. The zero-order valence-electron chi connectivity index (χ0n) is 10.5. The lowest BCUT2D eigenvalue weighted by atomic mass is 10.0. The maximum atomic E-state index is 13.8. The predicted molar refractivity (Wildman–Crippen MR) is 79.5 cm³/mol. The molecule has 1 atom stereocenters. The molecular weight excluding hydrogens is 300 g/mol. The number of anilines is 1. The maximum Gasteiger partial charge on any atom is 0.137 e. The van der Waals surface area contributed by atoms with Gasteiger partial charge in [0, 0.05) is 10.6 Å². The first-order valence-corrected chi connectivity index (χ1v) is 7.64. The summed E-state index contributed by atoms with van der Waals surface area (Å²) in [6.07, 6.45) is 0.870. The molecule has 0 spiro atoms. The second-order valence-electron chi connectivity index (χ2n) is 4.62. The number of hydrogen-bond donors (Lipinski definition) is 1. The number of halogens is 3. The second kappa shape index (κ2) is 5.62. The third-order valence-corrected chi connectivity index (χ3v) is 4.76. The molecule has 104 valence electrons. The topological polar surface area (TPSA) is 12.0 Å². The van der Waals surface area contributed by atoms with Gasteiger partial charge in [-0.2, -0.15) is 0 Å². The highest BCUT2D eigenvalue weighted by Crippen LogP contribution is 2.40. The first-order valence-electron chi connectivity index (χ1n) is 6.28. The fourth-order valence-electron chi connectivity index (χ4n) is 2.33. The monoisotopic (exact) mass is 311 g/mol. The summed E-state index contributed by atoms with van der Waals surface area (Å²) in [5.41, 5.74) is 1.60. The van der Waals surface area contributed by atoms with Gasteiger partial charge in [0.15, 0.2) is 0 Å². The molecule has 0 saturated heterocycles. The van der Waals surface area contributed by atoms with Gasteiger partial charge in [0.05, 0.1) is 16.8 Å². The molecule has 3 rings (SSSR count). The van der Waals surface area contributed by atoms with Crippen molar-refractivity contribution in [1.82, 2.24) is 0 Å². The van der Waals surface area contributed by atoms with Crippen LogP contribution < -0.4 is 5.32 Å². The van der Waals surface area contributed by atoms with Gasteiger partial charge in [0.2, 0.25) is 0 Å². The largest absolute Gasteiger partial charge is 0.377 e. The molecule has 1 aliphatic heterocycles. The smallest absolute Gasteiger partial charge is 0.137 e. The van der Waals surface area contributed by atoms with Crippen LogP contribution in [0.2, 0.25) is 5.02 Å². The van der Waals surface area contributed by atoms with Gasteiger partial charge in [-0.05, 0) is 36.2 Å². The average Bonchev–Trinajstić information content (AvgIpc) is 2.43. The van der Waals surface area contributed by atoms with Gasteiger partial charge in [0.1, 0.15) is 11.6 Å². The fourth-order valence-corrected chi connectivity index (χ4v) is 3.69. The Kier molecular flexibility index (Phi) is 3.85. The van der Waals surface area contributed by atoms with E-state index in [0.29, 0.717) is 15.6 Å². The minimum atomic E-state index is -0.369. The zero-order valence-corrected chi connectivity index (χ0v) is 12.1. The minimum Gasteiger partial charge on any atom is -0.377 e. The Balaban J connectivity index is 1.91. The van der Waals surface area contributed by atoms with Crippen molar-refractivity contribution in [3.8, 4) is 0 Å². The molecule has 0 bridgehead atoms. The molecule has 1 nitrogen and oxygen atoms in total. The van der Waals surface area contributed by atoms with E-state index in [0.717, 1.165) is 17.7 Å². The molecule has 0 saturated carbocycles. The third kappa shape index (κ3) is 2.63. The SMILES string of the molecule is Fc1ccc(NC2CCSc3c(F)cccc32)c(Cl)c1. The van der Waals surface area contributed by atoms with Gasteiger partial charge in [-0.15, -0.1) is 11.8 Å². The van der Waals surface area contributed by atoms with Crippen molar-refractivity contribution in [2.45, 2.75) is 17.4 Å². The molecular formula is C15H12ClF2NS. The molecule has 1 aliphatic rings. The van der Waals surface area contributed by atoms with Crippen molar-refractivity contribution in [3.63, 3.8) is 0 Å². The molecule has 0 aliphatic carbocycles. The number of thioether (sulfide) groups is 1. The molecule has 0 aromatic heterocycles. The molecule has 1 unspecified atom stereocenters. The number of benzene rings is 2. The highest BCUT2D eigenvalue weighted by Gasteiger charge is 2.23. The van der Waals surface area contributed by atoms with Crippen LogP contribution in [0.1, 0.15) is 18.0 Å². The Hall–Kier alpha value is -1.26. The molecule has 1 heterocycles. The summed E-state index contributed by atoms with van der Waals surface area (Å²) in [6.45, 7) is 0. The Morgan fingerprint density at radius 2 is 2.05 bits per heavy atom. The first-order chi connectivity index (χ1) is 9.65. The van der Waals surface area contributed by atoms with Crippen molar-refractivity contribution in [2.75, 3.05) is 11.1 Å². The summed E-state index contributed by atoms with van der Waals surface area (Å²) in [4.78, 5) is 0.689. The van der Waals surface area contributed by atoms with E-state index < -0.39 is 0 Å². The summed E-state index contributed by atoms with van der Waals surface area (Å²) in [7, 11) is 0. The number of fused-ring (bicyclic) bond motifs is 1. The predicted octanol–water partition coefficient (Wildman–Crippen LogP) is 5.27. The summed E-state index contributed by atoms with van der Waals surface area (Å²) < 4.78 is 26.8. The third-order valence-electron chi connectivity index (χ3n) is 3.29. The standard InChI is InChI=1S/C15H12ClF2NS/c16-11-8-9(17)4-5-14(11)19-13-6-7-20-15-10(13)2-1-3-12(15)18/h1-5,8,13,19H,6-7H2. The van der Waals surface area contributed by atoms with E-state index in [-0.39, 0.29) is 17.7 Å². The van der Waals surface area contributed by atoms with E-state index in [1.807, 2.05) is 6.07 Å². The van der Waals surface area contributed by atoms with E-state index in [2.05, 4.69) is 5.32 Å². The number of hydrogen-bond acceptors (Lipinski definition) is 2. The lowest BCUT2D eigenvalue weighted by molar-refractivity contribution is 0.585. The summed E-state index contributed by atoms with van der Waals surface area (Å²) in [5.74, 6) is 0.278. The van der Waals surface area contributed by atoms with Gasteiger partial charge in [-0.25, -0.2) is 8.78 Å². The Morgan fingerprint density at radius 1 is 1.20 bits per heavy atom. The van der Waals surface area contributed by atoms with Crippen molar-refractivity contribution in [1.29, 1.82) is 0 Å². The van der Waals surface area contributed by atoms with Crippen LogP contribution in [0.25, 0.3) is 0 Å². The van der Waals surface area contributed by atoms with Crippen LogP contribution in [-0.4, -0.2) is 5.75 Å².